The van der Waals surface area contributed by atoms with Crippen LogP contribution in [0.3, 0.4) is 0 Å². The predicted octanol–water partition coefficient (Wildman–Crippen LogP) is 2.90. The number of aryl methyl sites for hydroxylation is 2. The summed E-state index contributed by atoms with van der Waals surface area (Å²) >= 11 is 1.35. The van der Waals surface area contributed by atoms with E-state index in [0.717, 1.165) is 21.7 Å². The van der Waals surface area contributed by atoms with Gasteiger partial charge in [0, 0.05) is 36.8 Å². The molecular weight excluding hydrogens is 338 g/mol. The van der Waals surface area contributed by atoms with Crippen molar-refractivity contribution in [2.45, 2.75) is 33.1 Å². The van der Waals surface area contributed by atoms with E-state index in [-0.39, 0.29) is 43.5 Å². The van der Waals surface area contributed by atoms with Crippen molar-refractivity contribution in [1.82, 2.24) is 9.88 Å². The first-order chi connectivity index (χ1) is 11.9. The highest BCUT2D eigenvalue weighted by atomic mass is 32.1. The molecule has 130 valence electrons. The van der Waals surface area contributed by atoms with Gasteiger partial charge >= 0.3 is 0 Å². The van der Waals surface area contributed by atoms with Crippen LogP contribution in [0.1, 0.15) is 30.4 Å². The van der Waals surface area contributed by atoms with Crippen LogP contribution in [0.5, 0.6) is 0 Å². The number of hydrogen-bond donors (Lipinski definition) is 1. The maximum atomic E-state index is 12.0. The van der Waals surface area contributed by atoms with Crippen LogP contribution in [0.2, 0.25) is 0 Å². The summed E-state index contributed by atoms with van der Waals surface area (Å²) in [7, 11) is 0. The van der Waals surface area contributed by atoms with E-state index in [1.807, 2.05) is 31.4 Å². The number of nitrogens with one attached hydrogen (secondary N) is 1. The van der Waals surface area contributed by atoms with Crippen LogP contribution < -0.4 is 5.32 Å². The standard InChI is InChI=1S/C18H19N3O3S/c1-11-3-4-13(12(2)9-11)14-10-25-18(19-14)20-15(22)7-8-21-16(23)5-6-17(21)24/h3-4,9-10H,5-8H2,1-2H3,(H,19,20,22). The molecular formula is C18H19N3O3S. The summed E-state index contributed by atoms with van der Waals surface area (Å²) in [5, 5.41) is 5.15. The Kier molecular flexibility index (Phi) is 4.94. The Balaban J connectivity index is 1.60. The van der Waals surface area contributed by atoms with Crippen molar-refractivity contribution in [2.24, 2.45) is 0 Å². The number of thiazole rings is 1. The summed E-state index contributed by atoms with van der Waals surface area (Å²) in [6, 6.07) is 6.15. The van der Waals surface area contributed by atoms with Gasteiger partial charge in [0.25, 0.3) is 0 Å². The number of imide groups is 1. The number of amides is 3. The molecule has 2 aromatic rings. The van der Waals surface area contributed by atoms with E-state index >= 15 is 0 Å². The Hall–Kier alpha value is -2.54. The zero-order valence-corrected chi connectivity index (χ0v) is 15.0. The van der Waals surface area contributed by atoms with E-state index in [1.54, 1.807) is 0 Å². The summed E-state index contributed by atoms with van der Waals surface area (Å²) in [4.78, 5) is 40.7. The number of likely N-dealkylation sites (tertiary alicyclic amines) is 1. The Morgan fingerprint density at radius 2 is 1.96 bits per heavy atom. The summed E-state index contributed by atoms with van der Waals surface area (Å²) in [6.07, 6.45) is 0.564. The topological polar surface area (TPSA) is 79.4 Å². The zero-order chi connectivity index (χ0) is 18.0. The van der Waals surface area contributed by atoms with E-state index in [1.165, 1.54) is 16.9 Å². The van der Waals surface area contributed by atoms with Crippen molar-refractivity contribution < 1.29 is 14.4 Å². The number of rotatable bonds is 5. The number of nitrogens with zero attached hydrogens (tertiary/aromatic N) is 2. The predicted molar refractivity (Wildman–Crippen MR) is 96.2 cm³/mol. The second kappa shape index (κ2) is 7.14. The third kappa shape index (κ3) is 3.93. The Morgan fingerprint density at radius 1 is 1.24 bits per heavy atom. The van der Waals surface area contributed by atoms with Gasteiger partial charge in [0.2, 0.25) is 17.7 Å². The molecule has 6 nitrogen and oxygen atoms in total. The molecule has 0 radical (unpaired) electrons. The molecule has 1 saturated heterocycles. The zero-order valence-electron chi connectivity index (χ0n) is 14.2. The molecule has 25 heavy (non-hydrogen) atoms. The van der Waals surface area contributed by atoms with Crippen molar-refractivity contribution in [3.8, 4) is 11.3 Å². The molecule has 3 amide bonds. The van der Waals surface area contributed by atoms with Crippen LogP contribution in [0, 0.1) is 13.8 Å². The average Bonchev–Trinajstić information content (AvgIpc) is 3.13. The van der Waals surface area contributed by atoms with Crippen LogP contribution in [0.15, 0.2) is 23.6 Å². The molecule has 0 unspecified atom stereocenters. The van der Waals surface area contributed by atoms with Gasteiger partial charge in [0.05, 0.1) is 5.69 Å². The maximum Gasteiger partial charge on any atom is 0.229 e. The molecule has 1 aliphatic heterocycles. The molecule has 2 heterocycles. The normalized spacial score (nSPS) is 14.2. The molecule has 1 N–H and O–H groups in total. The molecule has 0 bridgehead atoms. The Morgan fingerprint density at radius 3 is 2.64 bits per heavy atom. The third-order valence-electron chi connectivity index (χ3n) is 4.13. The van der Waals surface area contributed by atoms with Crippen LogP contribution in [0.4, 0.5) is 5.13 Å². The van der Waals surface area contributed by atoms with E-state index in [2.05, 4.69) is 16.4 Å². The molecule has 0 saturated carbocycles. The second-order valence-electron chi connectivity index (χ2n) is 6.09. The molecule has 1 fully saturated rings. The number of carbonyl (C=O) groups is 3. The van der Waals surface area contributed by atoms with Crippen molar-refractivity contribution in [3.05, 3.63) is 34.7 Å². The van der Waals surface area contributed by atoms with E-state index in [9.17, 15) is 14.4 Å². The SMILES string of the molecule is Cc1ccc(-c2csc(NC(=O)CCN3C(=O)CCC3=O)n2)c(C)c1. The lowest BCUT2D eigenvalue weighted by atomic mass is 10.0. The quantitative estimate of drug-likeness (QED) is 0.835. The van der Waals surface area contributed by atoms with Crippen molar-refractivity contribution in [2.75, 3.05) is 11.9 Å². The van der Waals surface area contributed by atoms with Gasteiger partial charge in [0.15, 0.2) is 5.13 Å². The summed E-state index contributed by atoms with van der Waals surface area (Å²) in [6.45, 7) is 4.20. The van der Waals surface area contributed by atoms with Crippen LogP contribution in [-0.2, 0) is 14.4 Å². The molecule has 0 aliphatic carbocycles. The highest BCUT2D eigenvalue weighted by Gasteiger charge is 2.28. The Labute approximate surface area is 149 Å². The number of hydrogen-bond acceptors (Lipinski definition) is 5. The van der Waals surface area contributed by atoms with Gasteiger partial charge in [-0.05, 0) is 19.4 Å². The van der Waals surface area contributed by atoms with Crippen molar-refractivity contribution in [1.29, 1.82) is 0 Å². The third-order valence-corrected chi connectivity index (χ3v) is 4.88. The lowest BCUT2D eigenvalue weighted by Crippen LogP contribution is -2.32. The molecule has 7 heteroatoms. The van der Waals surface area contributed by atoms with E-state index < -0.39 is 0 Å². The molecule has 1 aromatic carbocycles. The van der Waals surface area contributed by atoms with Crippen LogP contribution in [0.25, 0.3) is 11.3 Å². The van der Waals surface area contributed by atoms with Gasteiger partial charge in [-0.15, -0.1) is 11.3 Å². The second-order valence-corrected chi connectivity index (χ2v) is 6.95. The van der Waals surface area contributed by atoms with Gasteiger partial charge in [-0.2, -0.15) is 0 Å². The molecule has 1 aromatic heterocycles. The van der Waals surface area contributed by atoms with Crippen LogP contribution >= 0.6 is 11.3 Å². The lowest BCUT2D eigenvalue weighted by Gasteiger charge is -2.12. The minimum Gasteiger partial charge on any atom is -0.302 e. The summed E-state index contributed by atoms with van der Waals surface area (Å²) < 4.78 is 0. The molecule has 0 atom stereocenters. The fourth-order valence-electron chi connectivity index (χ4n) is 2.82. The first-order valence-corrected chi connectivity index (χ1v) is 8.98. The van der Waals surface area contributed by atoms with Crippen molar-refractivity contribution >= 4 is 34.2 Å². The highest BCUT2D eigenvalue weighted by molar-refractivity contribution is 7.14. The van der Waals surface area contributed by atoms with E-state index in [4.69, 9.17) is 0 Å². The van der Waals surface area contributed by atoms with Gasteiger partial charge in [0.1, 0.15) is 0 Å². The number of aromatic nitrogens is 1. The minimum atomic E-state index is -0.256. The molecule has 0 spiro atoms. The van der Waals surface area contributed by atoms with Gasteiger partial charge in [-0.1, -0.05) is 23.8 Å². The highest BCUT2D eigenvalue weighted by Crippen LogP contribution is 2.28. The number of carbonyl (C=O) groups excluding carboxylic acids is 3. The fraction of sp³-hybridized carbons (Fsp3) is 0.333. The summed E-state index contributed by atoms with van der Waals surface area (Å²) in [5.41, 5.74) is 4.18. The Bertz CT molecular complexity index is 828. The first-order valence-electron chi connectivity index (χ1n) is 8.10. The maximum absolute atomic E-state index is 12.0. The minimum absolute atomic E-state index is 0.0793. The van der Waals surface area contributed by atoms with Crippen LogP contribution in [-0.4, -0.2) is 34.2 Å². The van der Waals surface area contributed by atoms with Gasteiger partial charge in [-0.3, -0.25) is 19.3 Å². The first kappa shape index (κ1) is 17.3. The summed E-state index contributed by atoms with van der Waals surface area (Å²) in [5.74, 6) is -0.664. The fourth-order valence-corrected chi connectivity index (χ4v) is 3.55. The average molecular weight is 357 g/mol. The molecule has 3 rings (SSSR count). The monoisotopic (exact) mass is 357 g/mol. The number of anilines is 1. The largest absolute Gasteiger partial charge is 0.302 e. The van der Waals surface area contributed by atoms with Crippen molar-refractivity contribution in [3.63, 3.8) is 0 Å². The lowest BCUT2D eigenvalue weighted by molar-refractivity contribution is -0.138. The van der Waals surface area contributed by atoms with Gasteiger partial charge in [-0.25, -0.2) is 4.98 Å². The smallest absolute Gasteiger partial charge is 0.229 e. The van der Waals surface area contributed by atoms with Gasteiger partial charge < -0.3 is 5.32 Å². The van der Waals surface area contributed by atoms with E-state index in [0.29, 0.717) is 5.13 Å². The number of benzene rings is 1. The molecule has 1 aliphatic rings.